The van der Waals surface area contributed by atoms with Crippen LogP contribution in [0, 0.1) is 0 Å². The standard InChI is InChI=1S/C9H17ClN3O5P/c1-3-16-19(15,17-4-2)7-8(6-12-13-11)18-9(14)5-10/h8H,3-7H2,1-2H3. The van der Waals surface area contributed by atoms with Crippen LogP contribution < -0.4 is 0 Å². The number of hydrogen-bond donors (Lipinski definition) is 0. The van der Waals surface area contributed by atoms with Crippen LogP contribution in [-0.2, 0) is 23.1 Å². The lowest BCUT2D eigenvalue weighted by Gasteiger charge is -2.22. The molecule has 0 aromatic heterocycles. The van der Waals surface area contributed by atoms with E-state index < -0.39 is 19.7 Å². The average molecular weight is 314 g/mol. The number of azide groups is 1. The third kappa shape index (κ3) is 8.08. The molecule has 0 radical (unpaired) electrons. The van der Waals surface area contributed by atoms with Gasteiger partial charge in [-0.3, -0.25) is 9.36 Å². The van der Waals surface area contributed by atoms with E-state index in [0.29, 0.717) is 0 Å². The molecule has 0 amide bonds. The first-order valence-corrected chi connectivity index (χ1v) is 7.92. The highest BCUT2D eigenvalue weighted by Gasteiger charge is 2.30. The second-order valence-electron chi connectivity index (χ2n) is 3.29. The minimum absolute atomic E-state index is 0.163. The van der Waals surface area contributed by atoms with Crippen LogP contribution in [0.5, 0.6) is 0 Å². The summed E-state index contributed by atoms with van der Waals surface area (Å²) in [7, 11) is -3.39. The highest BCUT2D eigenvalue weighted by atomic mass is 35.5. The zero-order valence-electron chi connectivity index (χ0n) is 10.8. The van der Waals surface area contributed by atoms with Gasteiger partial charge in [0.2, 0.25) is 0 Å². The number of nitrogens with zero attached hydrogens (tertiary/aromatic N) is 3. The van der Waals surface area contributed by atoms with Gasteiger partial charge in [0.1, 0.15) is 12.0 Å². The monoisotopic (exact) mass is 313 g/mol. The van der Waals surface area contributed by atoms with Gasteiger partial charge in [0, 0.05) is 4.91 Å². The van der Waals surface area contributed by atoms with E-state index in [1.807, 2.05) is 0 Å². The zero-order chi connectivity index (χ0) is 14.7. The Morgan fingerprint density at radius 3 is 2.42 bits per heavy atom. The summed E-state index contributed by atoms with van der Waals surface area (Å²) >= 11 is 5.31. The van der Waals surface area contributed by atoms with Crippen molar-refractivity contribution >= 4 is 25.2 Å². The van der Waals surface area contributed by atoms with Crippen LogP contribution in [-0.4, -0.2) is 43.9 Å². The largest absolute Gasteiger partial charge is 0.461 e. The smallest absolute Gasteiger partial charge is 0.334 e. The number of carbonyl (C=O) groups is 1. The number of halogens is 1. The molecule has 0 fully saturated rings. The molecular formula is C9H17ClN3O5P. The lowest BCUT2D eigenvalue weighted by molar-refractivity contribution is -0.144. The van der Waals surface area contributed by atoms with Gasteiger partial charge in [-0.2, -0.15) is 0 Å². The predicted molar refractivity (Wildman–Crippen MR) is 70.3 cm³/mol. The van der Waals surface area contributed by atoms with Crippen LogP contribution in [0.4, 0.5) is 0 Å². The van der Waals surface area contributed by atoms with E-state index in [-0.39, 0.29) is 31.8 Å². The van der Waals surface area contributed by atoms with Crippen molar-refractivity contribution in [1.29, 1.82) is 0 Å². The van der Waals surface area contributed by atoms with Gasteiger partial charge in [0.25, 0.3) is 0 Å². The Hall–Kier alpha value is -0.780. The van der Waals surface area contributed by atoms with Gasteiger partial charge in [0.15, 0.2) is 0 Å². The summed E-state index contributed by atoms with van der Waals surface area (Å²) in [6, 6.07) is 0. The molecule has 0 heterocycles. The van der Waals surface area contributed by atoms with Gasteiger partial charge in [-0.1, -0.05) is 5.11 Å². The van der Waals surface area contributed by atoms with E-state index in [1.165, 1.54) is 0 Å². The molecule has 0 saturated heterocycles. The predicted octanol–water partition coefficient (Wildman–Crippen LogP) is 2.71. The van der Waals surface area contributed by atoms with Gasteiger partial charge < -0.3 is 13.8 Å². The maximum Gasteiger partial charge on any atom is 0.334 e. The van der Waals surface area contributed by atoms with Crippen molar-refractivity contribution in [1.82, 2.24) is 0 Å². The molecule has 0 aromatic carbocycles. The first-order chi connectivity index (χ1) is 9.01. The molecule has 8 nitrogen and oxygen atoms in total. The number of carbonyl (C=O) groups excluding carboxylic acids is 1. The first-order valence-electron chi connectivity index (χ1n) is 5.65. The maximum absolute atomic E-state index is 12.3. The van der Waals surface area contributed by atoms with E-state index >= 15 is 0 Å². The molecule has 0 rings (SSSR count). The van der Waals surface area contributed by atoms with Gasteiger partial charge in [-0.15, -0.1) is 11.6 Å². The summed E-state index contributed by atoms with van der Waals surface area (Å²) in [5.41, 5.74) is 8.27. The summed E-state index contributed by atoms with van der Waals surface area (Å²) < 4.78 is 27.3. The van der Waals surface area contributed by atoms with Crippen LogP contribution >= 0.6 is 19.2 Å². The fraction of sp³-hybridized carbons (Fsp3) is 0.889. The second-order valence-corrected chi connectivity index (χ2v) is 5.66. The van der Waals surface area contributed by atoms with Gasteiger partial charge >= 0.3 is 13.6 Å². The van der Waals surface area contributed by atoms with Gasteiger partial charge in [-0.25, -0.2) is 0 Å². The maximum atomic E-state index is 12.3. The first kappa shape index (κ1) is 18.2. The van der Waals surface area contributed by atoms with E-state index in [0.717, 1.165) is 0 Å². The van der Waals surface area contributed by atoms with Crippen LogP contribution in [0.1, 0.15) is 13.8 Å². The van der Waals surface area contributed by atoms with Crippen molar-refractivity contribution in [3.63, 3.8) is 0 Å². The lowest BCUT2D eigenvalue weighted by atomic mass is 10.4. The van der Waals surface area contributed by atoms with Gasteiger partial charge in [0.05, 0.1) is 25.9 Å². The number of hydrogen-bond acceptors (Lipinski definition) is 6. The summed E-state index contributed by atoms with van der Waals surface area (Å²) in [5.74, 6) is -1.04. The Labute approximate surface area is 116 Å². The Morgan fingerprint density at radius 1 is 1.42 bits per heavy atom. The van der Waals surface area contributed by atoms with Crippen molar-refractivity contribution in [2.24, 2.45) is 5.11 Å². The summed E-state index contributed by atoms with van der Waals surface area (Å²) in [4.78, 5) is 13.7. The SMILES string of the molecule is CCOP(=O)(CC(CN=[N+]=[N-])OC(=O)CCl)OCC. The molecule has 0 bridgehead atoms. The molecule has 1 atom stereocenters. The molecule has 0 aliphatic heterocycles. The fourth-order valence-electron chi connectivity index (χ4n) is 1.26. The number of ether oxygens (including phenoxy) is 1. The normalized spacial score (nSPS) is 12.6. The Bertz CT molecular complexity index is 365. The van der Waals surface area contributed by atoms with Crippen LogP contribution in [0.3, 0.4) is 0 Å². The number of alkyl halides is 1. The third-order valence-electron chi connectivity index (χ3n) is 1.83. The Kier molecular flexibility index (Phi) is 9.65. The number of esters is 1. The summed E-state index contributed by atoms with van der Waals surface area (Å²) in [5, 5.41) is 3.29. The highest BCUT2D eigenvalue weighted by Crippen LogP contribution is 2.48. The van der Waals surface area contributed by atoms with Gasteiger partial charge in [-0.05, 0) is 19.4 Å². The molecule has 0 N–H and O–H groups in total. The van der Waals surface area contributed by atoms with E-state index in [9.17, 15) is 9.36 Å². The van der Waals surface area contributed by atoms with E-state index in [1.54, 1.807) is 13.8 Å². The molecule has 0 spiro atoms. The number of rotatable bonds is 10. The fourth-order valence-corrected chi connectivity index (χ4v) is 3.09. The minimum atomic E-state index is -3.39. The second kappa shape index (κ2) is 10.1. The molecular weight excluding hydrogens is 297 g/mol. The topological polar surface area (TPSA) is 111 Å². The molecule has 19 heavy (non-hydrogen) atoms. The quantitative estimate of drug-likeness (QED) is 0.154. The van der Waals surface area contributed by atoms with Crippen LogP contribution in [0.25, 0.3) is 10.4 Å². The molecule has 10 heteroatoms. The molecule has 110 valence electrons. The average Bonchev–Trinajstić information content (AvgIpc) is 2.36. The van der Waals surface area contributed by atoms with E-state index in [2.05, 4.69) is 10.0 Å². The van der Waals surface area contributed by atoms with Crippen LogP contribution in [0.15, 0.2) is 5.11 Å². The van der Waals surface area contributed by atoms with Crippen molar-refractivity contribution in [2.75, 3.05) is 31.8 Å². The molecule has 0 aliphatic rings. The van der Waals surface area contributed by atoms with Crippen molar-refractivity contribution in [3.05, 3.63) is 10.4 Å². The Morgan fingerprint density at radius 2 is 2.00 bits per heavy atom. The zero-order valence-corrected chi connectivity index (χ0v) is 12.5. The molecule has 0 saturated carbocycles. The molecule has 0 aliphatic carbocycles. The van der Waals surface area contributed by atoms with Crippen molar-refractivity contribution < 1.29 is 23.1 Å². The third-order valence-corrected chi connectivity index (χ3v) is 4.21. The molecule has 1 unspecified atom stereocenters. The minimum Gasteiger partial charge on any atom is -0.461 e. The summed E-state index contributed by atoms with van der Waals surface area (Å²) in [6.45, 7) is 3.55. The Balaban J connectivity index is 4.77. The van der Waals surface area contributed by atoms with Crippen molar-refractivity contribution in [2.45, 2.75) is 20.0 Å². The highest BCUT2D eigenvalue weighted by molar-refractivity contribution is 7.53. The summed E-state index contributed by atoms with van der Waals surface area (Å²) in [6.07, 6.45) is -1.08. The molecule has 0 aromatic rings. The van der Waals surface area contributed by atoms with Crippen LogP contribution in [0.2, 0.25) is 0 Å². The van der Waals surface area contributed by atoms with Crippen molar-refractivity contribution in [3.8, 4) is 0 Å². The lowest BCUT2D eigenvalue weighted by Crippen LogP contribution is -2.26. The van der Waals surface area contributed by atoms with E-state index in [4.69, 9.17) is 30.9 Å².